The van der Waals surface area contributed by atoms with E-state index in [9.17, 15) is 18.4 Å². The van der Waals surface area contributed by atoms with E-state index >= 15 is 0 Å². The SMILES string of the molecule is O=C(CCC(=O)c1ccc(F)cc1)NCc1ccc(F)cc1. The van der Waals surface area contributed by atoms with E-state index in [1.807, 2.05) is 0 Å². The van der Waals surface area contributed by atoms with Crippen LogP contribution in [0.1, 0.15) is 28.8 Å². The molecular weight excluding hydrogens is 288 g/mol. The number of nitrogens with one attached hydrogen (secondary N) is 1. The van der Waals surface area contributed by atoms with Crippen LogP contribution in [-0.4, -0.2) is 11.7 Å². The molecular formula is C17H15F2NO2. The molecule has 0 spiro atoms. The Labute approximate surface area is 127 Å². The Balaban J connectivity index is 1.76. The Morgan fingerprint density at radius 3 is 1.95 bits per heavy atom. The molecule has 0 saturated carbocycles. The molecule has 2 rings (SSSR count). The van der Waals surface area contributed by atoms with Crippen molar-refractivity contribution < 1.29 is 18.4 Å². The van der Waals surface area contributed by atoms with Gasteiger partial charge in [0.1, 0.15) is 11.6 Å². The first kappa shape index (κ1) is 15.8. The third kappa shape index (κ3) is 4.77. The molecule has 0 unspecified atom stereocenters. The molecule has 1 amide bonds. The van der Waals surface area contributed by atoms with Crippen LogP contribution in [0.2, 0.25) is 0 Å². The summed E-state index contributed by atoms with van der Waals surface area (Å²) in [6.45, 7) is 0.282. The number of hydrogen-bond acceptors (Lipinski definition) is 2. The number of amides is 1. The van der Waals surface area contributed by atoms with E-state index in [-0.39, 0.29) is 36.9 Å². The van der Waals surface area contributed by atoms with Gasteiger partial charge in [-0.25, -0.2) is 8.78 Å². The van der Waals surface area contributed by atoms with E-state index in [0.717, 1.165) is 5.56 Å². The molecule has 3 nitrogen and oxygen atoms in total. The third-order valence-corrected chi connectivity index (χ3v) is 3.15. The zero-order chi connectivity index (χ0) is 15.9. The van der Waals surface area contributed by atoms with Gasteiger partial charge in [-0.05, 0) is 42.0 Å². The lowest BCUT2D eigenvalue weighted by Gasteiger charge is -2.05. The van der Waals surface area contributed by atoms with Gasteiger partial charge < -0.3 is 5.32 Å². The highest BCUT2D eigenvalue weighted by Crippen LogP contribution is 2.08. The maximum Gasteiger partial charge on any atom is 0.220 e. The summed E-state index contributed by atoms with van der Waals surface area (Å²) in [5, 5.41) is 2.66. The third-order valence-electron chi connectivity index (χ3n) is 3.15. The van der Waals surface area contributed by atoms with Crippen LogP contribution in [-0.2, 0) is 11.3 Å². The molecule has 1 N–H and O–H groups in total. The summed E-state index contributed by atoms with van der Waals surface area (Å²) in [6, 6.07) is 11.0. The van der Waals surface area contributed by atoms with Crippen LogP contribution >= 0.6 is 0 Å². The van der Waals surface area contributed by atoms with Gasteiger partial charge in [-0.3, -0.25) is 9.59 Å². The largest absolute Gasteiger partial charge is 0.352 e. The number of benzene rings is 2. The molecule has 0 bridgehead atoms. The molecule has 0 aliphatic carbocycles. The van der Waals surface area contributed by atoms with Crippen molar-refractivity contribution in [2.24, 2.45) is 0 Å². The Kier molecular flexibility index (Phi) is 5.36. The van der Waals surface area contributed by atoms with Crippen molar-refractivity contribution >= 4 is 11.7 Å². The van der Waals surface area contributed by atoms with Gasteiger partial charge in [0, 0.05) is 24.9 Å². The summed E-state index contributed by atoms with van der Waals surface area (Å²) in [4.78, 5) is 23.5. The van der Waals surface area contributed by atoms with E-state index < -0.39 is 5.82 Å². The maximum absolute atomic E-state index is 12.8. The fourth-order valence-electron chi connectivity index (χ4n) is 1.90. The molecule has 0 atom stereocenters. The van der Waals surface area contributed by atoms with Gasteiger partial charge in [0.15, 0.2) is 5.78 Å². The molecule has 114 valence electrons. The number of ketones is 1. The van der Waals surface area contributed by atoms with Crippen LogP contribution in [0.25, 0.3) is 0 Å². The second-order valence-electron chi connectivity index (χ2n) is 4.83. The normalized spacial score (nSPS) is 10.3. The van der Waals surface area contributed by atoms with Crippen LogP contribution in [0.4, 0.5) is 8.78 Å². The lowest BCUT2D eigenvalue weighted by molar-refractivity contribution is -0.121. The van der Waals surface area contributed by atoms with Gasteiger partial charge in [-0.15, -0.1) is 0 Å². The molecule has 0 aliphatic rings. The lowest BCUT2D eigenvalue weighted by Crippen LogP contribution is -2.23. The van der Waals surface area contributed by atoms with E-state index in [4.69, 9.17) is 0 Å². The molecule has 0 aliphatic heterocycles. The number of rotatable bonds is 6. The molecule has 0 aromatic heterocycles. The fraction of sp³-hybridized carbons (Fsp3) is 0.176. The second kappa shape index (κ2) is 7.45. The lowest BCUT2D eigenvalue weighted by atomic mass is 10.1. The average molecular weight is 303 g/mol. The first-order chi connectivity index (χ1) is 10.5. The number of halogens is 2. The van der Waals surface area contributed by atoms with Crippen molar-refractivity contribution in [2.45, 2.75) is 19.4 Å². The van der Waals surface area contributed by atoms with Crippen LogP contribution in [0, 0.1) is 11.6 Å². The molecule has 2 aromatic carbocycles. The molecule has 22 heavy (non-hydrogen) atoms. The highest BCUT2D eigenvalue weighted by atomic mass is 19.1. The molecule has 5 heteroatoms. The number of hydrogen-bond donors (Lipinski definition) is 1. The zero-order valence-corrected chi connectivity index (χ0v) is 11.8. The number of carbonyl (C=O) groups is 2. The molecule has 2 aromatic rings. The summed E-state index contributed by atoms with van der Waals surface area (Å²) >= 11 is 0. The monoisotopic (exact) mass is 303 g/mol. The van der Waals surface area contributed by atoms with E-state index in [0.29, 0.717) is 5.56 Å². The Morgan fingerprint density at radius 1 is 0.818 bits per heavy atom. The minimum Gasteiger partial charge on any atom is -0.352 e. The van der Waals surface area contributed by atoms with Crippen molar-refractivity contribution in [3.8, 4) is 0 Å². The predicted molar refractivity (Wildman–Crippen MR) is 78.2 cm³/mol. The standard InChI is InChI=1S/C17H15F2NO2/c18-14-5-1-12(2-6-14)11-20-17(22)10-9-16(21)13-3-7-15(19)8-4-13/h1-8H,9-11H2,(H,20,22). The van der Waals surface area contributed by atoms with Gasteiger partial charge in [-0.1, -0.05) is 12.1 Å². The summed E-state index contributed by atoms with van der Waals surface area (Å²) in [6.07, 6.45) is 0.109. The molecule has 0 fully saturated rings. The smallest absolute Gasteiger partial charge is 0.220 e. The van der Waals surface area contributed by atoms with Crippen molar-refractivity contribution in [3.05, 3.63) is 71.3 Å². The summed E-state index contributed by atoms with van der Waals surface area (Å²) in [7, 11) is 0. The quantitative estimate of drug-likeness (QED) is 0.833. The molecule has 0 saturated heterocycles. The minimum atomic E-state index is -0.409. The second-order valence-corrected chi connectivity index (χ2v) is 4.83. The van der Waals surface area contributed by atoms with Gasteiger partial charge in [-0.2, -0.15) is 0 Å². The van der Waals surface area contributed by atoms with Gasteiger partial charge in [0.05, 0.1) is 0 Å². The van der Waals surface area contributed by atoms with Gasteiger partial charge >= 0.3 is 0 Å². The van der Waals surface area contributed by atoms with E-state index in [1.165, 1.54) is 36.4 Å². The van der Waals surface area contributed by atoms with Crippen LogP contribution in [0.5, 0.6) is 0 Å². The van der Waals surface area contributed by atoms with E-state index in [2.05, 4.69) is 5.32 Å². The van der Waals surface area contributed by atoms with Crippen molar-refractivity contribution in [1.29, 1.82) is 0 Å². The van der Waals surface area contributed by atoms with Gasteiger partial charge in [0.2, 0.25) is 5.91 Å². The predicted octanol–water partition coefficient (Wildman–Crippen LogP) is 3.24. The Bertz CT molecular complexity index is 651. The van der Waals surface area contributed by atoms with E-state index in [1.54, 1.807) is 12.1 Å². The Morgan fingerprint density at radius 2 is 1.36 bits per heavy atom. The molecule has 0 heterocycles. The van der Waals surface area contributed by atoms with Crippen LogP contribution in [0.15, 0.2) is 48.5 Å². The highest BCUT2D eigenvalue weighted by molar-refractivity contribution is 5.97. The maximum atomic E-state index is 12.8. The Hall–Kier alpha value is -2.56. The fourth-order valence-corrected chi connectivity index (χ4v) is 1.90. The molecule has 0 radical (unpaired) electrons. The minimum absolute atomic E-state index is 0.0530. The topological polar surface area (TPSA) is 46.2 Å². The van der Waals surface area contributed by atoms with Crippen LogP contribution in [0.3, 0.4) is 0 Å². The van der Waals surface area contributed by atoms with Gasteiger partial charge in [0.25, 0.3) is 0 Å². The van der Waals surface area contributed by atoms with Crippen LogP contribution < -0.4 is 5.32 Å². The van der Waals surface area contributed by atoms with Crippen molar-refractivity contribution in [2.75, 3.05) is 0 Å². The van der Waals surface area contributed by atoms with Crippen molar-refractivity contribution in [3.63, 3.8) is 0 Å². The van der Waals surface area contributed by atoms with Crippen molar-refractivity contribution in [1.82, 2.24) is 5.32 Å². The number of Topliss-reactive ketones (excluding diaryl/α,β-unsaturated/α-hetero) is 1. The first-order valence-electron chi connectivity index (χ1n) is 6.84. The summed E-state index contributed by atoms with van der Waals surface area (Å²) in [5.74, 6) is -1.22. The highest BCUT2D eigenvalue weighted by Gasteiger charge is 2.09. The first-order valence-corrected chi connectivity index (χ1v) is 6.84. The number of carbonyl (C=O) groups excluding carboxylic acids is 2. The summed E-state index contributed by atoms with van der Waals surface area (Å²) in [5.41, 5.74) is 1.16. The average Bonchev–Trinajstić information content (AvgIpc) is 2.52. The summed E-state index contributed by atoms with van der Waals surface area (Å²) < 4.78 is 25.5. The zero-order valence-electron chi connectivity index (χ0n) is 11.8.